The van der Waals surface area contributed by atoms with Crippen LogP contribution >= 0.6 is 11.3 Å². The molecule has 7 heteroatoms. The third-order valence-corrected chi connectivity index (χ3v) is 4.95. The molecule has 126 valence electrons. The highest BCUT2D eigenvalue weighted by atomic mass is 32.1. The minimum Gasteiger partial charge on any atom is -0.465 e. The molecule has 1 aromatic carbocycles. The Labute approximate surface area is 144 Å². The molecule has 0 saturated carbocycles. The molecule has 1 saturated heterocycles. The lowest BCUT2D eigenvalue weighted by Gasteiger charge is -2.23. The van der Waals surface area contributed by atoms with Crippen LogP contribution in [0.1, 0.15) is 28.8 Å². The predicted octanol–water partition coefficient (Wildman–Crippen LogP) is 2.85. The minimum absolute atomic E-state index is 0.0761. The van der Waals surface area contributed by atoms with E-state index in [1.54, 1.807) is 24.4 Å². The van der Waals surface area contributed by atoms with Gasteiger partial charge in [-0.25, -0.2) is 9.78 Å². The predicted molar refractivity (Wildman–Crippen MR) is 93.6 cm³/mol. The van der Waals surface area contributed by atoms with Crippen molar-refractivity contribution in [3.63, 3.8) is 0 Å². The van der Waals surface area contributed by atoms with Gasteiger partial charge in [0.1, 0.15) is 6.04 Å². The van der Waals surface area contributed by atoms with Crippen molar-refractivity contribution >= 4 is 34.0 Å². The first kappa shape index (κ1) is 16.4. The van der Waals surface area contributed by atoms with Crippen LogP contribution in [-0.4, -0.2) is 36.6 Å². The maximum atomic E-state index is 12.7. The molecule has 1 fully saturated rings. The van der Waals surface area contributed by atoms with Crippen molar-refractivity contribution in [3.05, 3.63) is 40.9 Å². The second-order valence-electron chi connectivity index (χ2n) is 5.68. The summed E-state index contributed by atoms with van der Waals surface area (Å²) in [5.74, 6) is -0.497. The fourth-order valence-corrected chi connectivity index (χ4v) is 3.56. The standard InChI is InChI=1S/C17H19N3O3S/c1-11-5-6-12(16(22)23-2)10-13(11)19-15(21)14-4-3-8-20(14)17-18-7-9-24-17/h5-7,9-10,14H,3-4,8H2,1-2H3,(H,19,21). The highest BCUT2D eigenvalue weighted by Crippen LogP contribution is 2.28. The van der Waals surface area contributed by atoms with Crippen LogP contribution in [0.15, 0.2) is 29.8 Å². The summed E-state index contributed by atoms with van der Waals surface area (Å²) in [5, 5.41) is 5.73. The number of carbonyl (C=O) groups is 2. The summed E-state index contributed by atoms with van der Waals surface area (Å²) >= 11 is 1.53. The third kappa shape index (κ3) is 3.26. The fraction of sp³-hybridized carbons (Fsp3) is 0.353. The lowest BCUT2D eigenvalue weighted by Crippen LogP contribution is -2.39. The average molecular weight is 345 g/mol. The van der Waals surface area contributed by atoms with Crippen LogP contribution in [0.4, 0.5) is 10.8 Å². The van der Waals surface area contributed by atoms with Crippen LogP contribution in [0.5, 0.6) is 0 Å². The number of ether oxygens (including phenoxy) is 1. The molecule has 3 rings (SSSR count). The molecule has 1 aliphatic heterocycles. The molecule has 0 radical (unpaired) electrons. The molecular formula is C17H19N3O3S. The Morgan fingerprint density at radius 1 is 1.42 bits per heavy atom. The normalized spacial score (nSPS) is 16.9. The van der Waals surface area contributed by atoms with E-state index in [1.807, 2.05) is 17.2 Å². The van der Waals surface area contributed by atoms with Gasteiger partial charge in [-0.1, -0.05) is 6.07 Å². The number of aryl methyl sites for hydroxylation is 1. The number of aromatic nitrogens is 1. The summed E-state index contributed by atoms with van der Waals surface area (Å²) < 4.78 is 4.74. The minimum atomic E-state index is -0.421. The molecule has 0 spiro atoms. The van der Waals surface area contributed by atoms with E-state index in [9.17, 15) is 9.59 Å². The first-order valence-corrected chi connectivity index (χ1v) is 8.64. The maximum Gasteiger partial charge on any atom is 0.337 e. The second-order valence-corrected chi connectivity index (χ2v) is 6.55. The number of nitrogens with zero attached hydrogens (tertiary/aromatic N) is 2. The van der Waals surface area contributed by atoms with Crippen molar-refractivity contribution in [3.8, 4) is 0 Å². The summed E-state index contributed by atoms with van der Waals surface area (Å²) in [6.45, 7) is 2.72. The largest absolute Gasteiger partial charge is 0.465 e. The molecule has 24 heavy (non-hydrogen) atoms. The van der Waals surface area contributed by atoms with Crippen molar-refractivity contribution in [2.75, 3.05) is 23.9 Å². The molecule has 1 amide bonds. The van der Waals surface area contributed by atoms with E-state index in [4.69, 9.17) is 4.74 Å². The van der Waals surface area contributed by atoms with Gasteiger partial charge in [-0.2, -0.15) is 0 Å². The van der Waals surface area contributed by atoms with E-state index < -0.39 is 5.97 Å². The topological polar surface area (TPSA) is 71.5 Å². The van der Waals surface area contributed by atoms with Gasteiger partial charge in [0.15, 0.2) is 5.13 Å². The van der Waals surface area contributed by atoms with E-state index in [0.717, 1.165) is 30.1 Å². The zero-order valence-electron chi connectivity index (χ0n) is 13.6. The van der Waals surface area contributed by atoms with Gasteiger partial charge in [0.2, 0.25) is 5.91 Å². The number of carbonyl (C=O) groups excluding carboxylic acids is 2. The Bertz CT molecular complexity index is 746. The van der Waals surface area contributed by atoms with Gasteiger partial charge in [-0.3, -0.25) is 4.79 Å². The number of nitrogens with one attached hydrogen (secondary N) is 1. The average Bonchev–Trinajstić information content (AvgIpc) is 3.26. The molecule has 1 atom stereocenters. The van der Waals surface area contributed by atoms with Gasteiger partial charge in [-0.05, 0) is 37.5 Å². The van der Waals surface area contributed by atoms with Crippen molar-refractivity contribution in [1.82, 2.24) is 4.98 Å². The molecule has 1 unspecified atom stereocenters. The van der Waals surface area contributed by atoms with E-state index in [1.165, 1.54) is 18.4 Å². The van der Waals surface area contributed by atoms with Crippen LogP contribution in [-0.2, 0) is 9.53 Å². The zero-order chi connectivity index (χ0) is 17.1. The molecule has 0 bridgehead atoms. The van der Waals surface area contributed by atoms with Gasteiger partial charge in [0.05, 0.1) is 12.7 Å². The van der Waals surface area contributed by atoms with Crippen LogP contribution < -0.4 is 10.2 Å². The van der Waals surface area contributed by atoms with Crippen molar-refractivity contribution in [1.29, 1.82) is 0 Å². The van der Waals surface area contributed by atoms with Gasteiger partial charge in [-0.15, -0.1) is 11.3 Å². The molecular weight excluding hydrogens is 326 g/mol. The highest BCUT2D eigenvalue weighted by Gasteiger charge is 2.32. The number of methoxy groups -OCH3 is 1. The highest BCUT2D eigenvalue weighted by molar-refractivity contribution is 7.13. The fourth-order valence-electron chi connectivity index (χ4n) is 2.84. The lowest BCUT2D eigenvalue weighted by atomic mass is 10.1. The molecule has 1 N–H and O–H groups in total. The Kier molecular flexibility index (Phi) is 4.80. The van der Waals surface area contributed by atoms with Gasteiger partial charge in [0.25, 0.3) is 0 Å². The SMILES string of the molecule is COC(=O)c1ccc(C)c(NC(=O)C2CCCN2c2nccs2)c1. The number of esters is 1. The number of hydrogen-bond acceptors (Lipinski definition) is 6. The Morgan fingerprint density at radius 2 is 2.25 bits per heavy atom. The van der Waals surface area contributed by atoms with E-state index >= 15 is 0 Å². The molecule has 1 aliphatic rings. The van der Waals surface area contributed by atoms with Crippen LogP contribution in [0.2, 0.25) is 0 Å². The molecule has 0 aliphatic carbocycles. The number of benzene rings is 1. The van der Waals surface area contributed by atoms with Gasteiger partial charge in [0, 0.05) is 23.8 Å². The number of hydrogen-bond donors (Lipinski definition) is 1. The lowest BCUT2D eigenvalue weighted by molar-refractivity contribution is -0.117. The number of rotatable bonds is 4. The first-order chi connectivity index (χ1) is 11.6. The van der Waals surface area contributed by atoms with Crippen LogP contribution in [0.3, 0.4) is 0 Å². The molecule has 1 aromatic heterocycles. The van der Waals surface area contributed by atoms with Crippen LogP contribution in [0, 0.1) is 6.92 Å². The number of amides is 1. The maximum absolute atomic E-state index is 12.7. The quantitative estimate of drug-likeness (QED) is 0.863. The number of thiazole rings is 1. The van der Waals surface area contributed by atoms with Gasteiger partial charge < -0.3 is 15.0 Å². The monoisotopic (exact) mass is 345 g/mol. The summed E-state index contributed by atoms with van der Waals surface area (Å²) in [4.78, 5) is 30.8. The molecule has 2 aromatic rings. The molecule has 6 nitrogen and oxygen atoms in total. The van der Waals surface area contributed by atoms with Crippen molar-refractivity contribution in [2.45, 2.75) is 25.8 Å². The zero-order valence-corrected chi connectivity index (χ0v) is 14.4. The Balaban J connectivity index is 1.78. The number of anilines is 2. The molecule has 2 heterocycles. The first-order valence-electron chi connectivity index (χ1n) is 7.76. The summed E-state index contributed by atoms with van der Waals surface area (Å²) in [6, 6.07) is 4.91. The van der Waals surface area contributed by atoms with Gasteiger partial charge >= 0.3 is 5.97 Å². The summed E-state index contributed by atoms with van der Waals surface area (Å²) in [6.07, 6.45) is 3.50. The van der Waals surface area contributed by atoms with Crippen molar-refractivity contribution < 1.29 is 14.3 Å². The summed E-state index contributed by atoms with van der Waals surface area (Å²) in [7, 11) is 1.34. The smallest absolute Gasteiger partial charge is 0.337 e. The van der Waals surface area contributed by atoms with E-state index in [-0.39, 0.29) is 11.9 Å². The van der Waals surface area contributed by atoms with Crippen molar-refractivity contribution in [2.24, 2.45) is 0 Å². The second kappa shape index (κ2) is 7.00. The van der Waals surface area contributed by atoms with E-state index in [2.05, 4.69) is 10.3 Å². The van der Waals surface area contributed by atoms with Crippen LogP contribution in [0.25, 0.3) is 0 Å². The third-order valence-electron chi connectivity index (χ3n) is 4.14. The van der Waals surface area contributed by atoms with E-state index in [0.29, 0.717) is 11.3 Å². The summed E-state index contributed by atoms with van der Waals surface area (Å²) in [5.41, 5.74) is 1.95. The Morgan fingerprint density at radius 3 is 2.96 bits per heavy atom. The Hall–Kier alpha value is -2.41.